The number of hydrogen-bond donors (Lipinski definition) is 0. The van der Waals surface area contributed by atoms with Crippen LogP contribution >= 0.6 is 12.2 Å². The normalized spacial score (nSPS) is 10.5. The van der Waals surface area contributed by atoms with Gasteiger partial charge in [-0.2, -0.15) is 0 Å². The first-order chi connectivity index (χ1) is 11.7. The van der Waals surface area contributed by atoms with E-state index in [0.29, 0.717) is 24.1 Å². The summed E-state index contributed by atoms with van der Waals surface area (Å²) in [6.45, 7) is 9.02. The topological polar surface area (TPSA) is 21.7 Å². The first kappa shape index (κ1) is 28.2. The average Bonchev–Trinajstić information content (AvgIpc) is 2.57. The van der Waals surface area contributed by atoms with Crippen molar-refractivity contribution in [3.63, 3.8) is 0 Å². The quantitative estimate of drug-likeness (QED) is 0.152. The molecule has 0 aromatic carbocycles. The van der Waals surface area contributed by atoms with Crippen molar-refractivity contribution < 1.29 is 39.0 Å². The van der Waals surface area contributed by atoms with E-state index in [4.69, 9.17) is 34.3 Å². The van der Waals surface area contributed by atoms with Crippen molar-refractivity contribution in [1.82, 2.24) is 4.90 Å². The van der Waals surface area contributed by atoms with Crippen molar-refractivity contribution in [3.8, 4) is 0 Å². The van der Waals surface area contributed by atoms with Gasteiger partial charge in [-0.05, 0) is 12.8 Å². The van der Waals surface area contributed by atoms with E-state index in [9.17, 15) is 0 Å². The van der Waals surface area contributed by atoms with Crippen molar-refractivity contribution in [2.75, 3.05) is 39.5 Å². The van der Waals surface area contributed by atoms with E-state index in [-0.39, 0.29) is 29.6 Å². The first-order valence-electron chi connectivity index (χ1n) is 9.83. The number of thiocarbonyl (C=S) groups is 1. The second-order valence-corrected chi connectivity index (χ2v) is 7.34. The monoisotopic (exact) mass is 399 g/mol. The van der Waals surface area contributed by atoms with Crippen LogP contribution in [0.5, 0.6) is 0 Å². The SMILES string of the molecule is CCCCCCCCCCN(CCOCCOCCCC)C(=S)[S-].[Na+]. The van der Waals surface area contributed by atoms with Crippen LogP contribution in [0.1, 0.15) is 78.1 Å². The summed E-state index contributed by atoms with van der Waals surface area (Å²) < 4.78 is 11.6. The van der Waals surface area contributed by atoms with Crippen molar-refractivity contribution in [3.05, 3.63) is 0 Å². The van der Waals surface area contributed by atoms with Crippen LogP contribution in [-0.2, 0) is 22.1 Å². The molecule has 0 aliphatic rings. The number of nitrogens with zero attached hydrogens (tertiary/aromatic N) is 1. The van der Waals surface area contributed by atoms with E-state index in [1.54, 1.807) is 0 Å². The zero-order chi connectivity index (χ0) is 17.9. The van der Waals surface area contributed by atoms with Gasteiger partial charge >= 0.3 is 29.6 Å². The zero-order valence-corrected chi connectivity index (χ0v) is 20.5. The Bertz CT molecular complexity index is 264. The molecule has 0 fully saturated rings. The van der Waals surface area contributed by atoms with E-state index in [1.165, 1.54) is 57.8 Å². The van der Waals surface area contributed by atoms with Crippen LogP contribution in [0.25, 0.3) is 0 Å². The van der Waals surface area contributed by atoms with Gasteiger partial charge < -0.3 is 39.2 Å². The van der Waals surface area contributed by atoms with Gasteiger partial charge in [0.2, 0.25) is 0 Å². The van der Waals surface area contributed by atoms with Gasteiger partial charge in [-0.3, -0.25) is 0 Å². The Labute approximate surface area is 189 Å². The van der Waals surface area contributed by atoms with Gasteiger partial charge in [-0.15, -0.1) is 0 Å². The second kappa shape index (κ2) is 23.1. The minimum Gasteiger partial charge on any atom is -0.411 e. The molecule has 0 aromatic heterocycles. The van der Waals surface area contributed by atoms with Gasteiger partial charge in [-0.1, -0.05) is 69.5 Å². The van der Waals surface area contributed by atoms with Gasteiger partial charge in [0.1, 0.15) is 0 Å². The van der Waals surface area contributed by atoms with Gasteiger partial charge in [0, 0.05) is 19.7 Å². The van der Waals surface area contributed by atoms with E-state index in [2.05, 4.69) is 18.7 Å². The molecule has 0 aliphatic heterocycles. The number of rotatable bonds is 18. The molecule has 0 aliphatic carbocycles. The Hall–Kier alpha value is 1.03. The molecule has 0 N–H and O–H groups in total. The maximum Gasteiger partial charge on any atom is 1.00 e. The Morgan fingerprint density at radius 2 is 1.24 bits per heavy atom. The minimum atomic E-state index is 0. The van der Waals surface area contributed by atoms with Crippen LogP contribution in [-0.4, -0.2) is 48.7 Å². The summed E-state index contributed by atoms with van der Waals surface area (Å²) in [4.78, 5) is 2.10. The third-order valence-electron chi connectivity index (χ3n) is 4.06. The van der Waals surface area contributed by atoms with Gasteiger partial charge in [0.05, 0.1) is 19.8 Å². The Balaban J connectivity index is 0. The van der Waals surface area contributed by atoms with E-state index in [1.807, 2.05) is 0 Å². The summed E-state index contributed by atoms with van der Waals surface area (Å²) in [5, 5.41) is 0. The van der Waals surface area contributed by atoms with Crippen LogP contribution in [0, 0.1) is 0 Å². The van der Waals surface area contributed by atoms with Crippen LogP contribution in [0.4, 0.5) is 0 Å². The third-order valence-corrected chi connectivity index (χ3v) is 4.58. The standard InChI is InChI=1S/C19H39NO2S2.Na/c1-3-5-7-8-9-10-11-12-13-20(19(23)24)14-16-22-18-17-21-15-6-4-2;/h3-18H2,1-2H3,(H,23,24);/q;+1/p-1. The third kappa shape index (κ3) is 21.2. The van der Waals surface area contributed by atoms with Crippen molar-refractivity contribution >= 4 is 29.2 Å². The molecule has 0 amide bonds. The van der Waals surface area contributed by atoms with Gasteiger partial charge in [0.15, 0.2) is 0 Å². The molecule has 144 valence electrons. The van der Waals surface area contributed by atoms with E-state index >= 15 is 0 Å². The molecule has 0 heterocycles. The summed E-state index contributed by atoms with van der Waals surface area (Å²) in [6, 6.07) is 0. The molecule has 0 atom stereocenters. The predicted octanol–water partition coefficient (Wildman–Crippen LogP) is 2.10. The smallest absolute Gasteiger partial charge is 0.411 e. The largest absolute Gasteiger partial charge is 1.00 e. The van der Waals surface area contributed by atoms with Crippen LogP contribution in [0.3, 0.4) is 0 Å². The molecule has 0 saturated carbocycles. The summed E-state index contributed by atoms with van der Waals surface area (Å²) in [7, 11) is 0. The van der Waals surface area contributed by atoms with Crippen molar-refractivity contribution in [1.29, 1.82) is 0 Å². The molecule has 0 spiro atoms. The predicted molar refractivity (Wildman–Crippen MR) is 111 cm³/mol. The fourth-order valence-corrected chi connectivity index (χ4v) is 2.84. The molecule has 6 heteroatoms. The van der Waals surface area contributed by atoms with Crippen molar-refractivity contribution in [2.24, 2.45) is 0 Å². The van der Waals surface area contributed by atoms with Gasteiger partial charge in [-0.25, -0.2) is 0 Å². The summed E-state index contributed by atoms with van der Waals surface area (Å²) in [6.07, 6.45) is 12.9. The number of hydrogen-bond acceptors (Lipinski definition) is 4. The Morgan fingerprint density at radius 1 is 0.720 bits per heavy atom. The summed E-state index contributed by atoms with van der Waals surface area (Å²) in [5.41, 5.74) is 0. The molecule has 0 radical (unpaired) electrons. The first-order valence-corrected chi connectivity index (χ1v) is 10.6. The Morgan fingerprint density at radius 3 is 1.80 bits per heavy atom. The molecule has 0 aromatic rings. The molecule has 25 heavy (non-hydrogen) atoms. The van der Waals surface area contributed by atoms with Crippen LogP contribution < -0.4 is 29.6 Å². The minimum absolute atomic E-state index is 0. The Kier molecular flexibility index (Phi) is 26.1. The zero-order valence-electron chi connectivity index (χ0n) is 16.9. The molecular formula is C19H38NNaO2S2. The van der Waals surface area contributed by atoms with E-state index in [0.717, 1.165) is 26.1 Å². The van der Waals surface area contributed by atoms with E-state index < -0.39 is 0 Å². The molecule has 3 nitrogen and oxygen atoms in total. The molecule has 0 unspecified atom stereocenters. The summed E-state index contributed by atoms with van der Waals surface area (Å²) >= 11 is 10.3. The van der Waals surface area contributed by atoms with Crippen LogP contribution in [0.2, 0.25) is 0 Å². The molecule has 0 bridgehead atoms. The second-order valence-electron chi connectivity index (χ2n) is 6.31. The maximum atomic E-state index is 5.60. The van der Waals surface area contributed by atoms with Crippen molar-refractivity contribution in [2.45, 2.75) is 78.1 Å². The average molecular weight is 400 g/mol. The maximum absolute atomic E-state index is 5.60. The number of ether oxygens (including phenoxy) is 2. The fourth-order valence-electron chi connectivity index (χ4n) is 2.47. The molecule has 0 rings (SSSR count). The van der Waals surface area contributed by atoms with Gasteiger partial charge in [0.25, 0.3) is 0 Å². The fraction of sp³-hybridized carbons (Fsp3) is 0.947. The van der Waals surface area contributed by atoms with Crippen LogP contribution in [0.15, 0.2) is 0 Å². The summed E-state index contributed by atoms with van der Waals surface area (Å²) in [5.74, 6) is 0. The molecule has 0 saturated heterocycles. The number of unbranched alkanes of at least 4 members (excludes halogenated alkanes) is 8. The molecular weight excluding hydrogens is 361 g/mol.